The Kier molecular flexibility index (Phi) is 7.65. The zero-order valence-corrected chi connectivity index (χ0v) is 24.2. The van der Waals surface area contributed by atoms with Gasteiger partial charge in [-0.15, -0.1) is 0 Å². The van der Waals surface area contributed by atoms with E-state index in [0.717, 1.165) is 12.8 Å². The molecule has 4 rings (SSSR count). The summed E-state index contributed by atoms with van der Waals surface area (Å²) in [5, 5.41) is 10.3. The Balaban J connectivity index is 1.91. The van der Waals surface area contributed by atoms with Gasteiger partial charge >= 0.3 is 5.97 Å². The highest BCUT2D eigenvalue weighted by Crippen LogP contribution is 2.59. The molecular weight excluding hydrogens is 484 g/mol. The predicted molar refractivity (Wildman–Crippen MR) is 144 cm³/mol. The molecule has 0 aromatic rings. The molecule has 4 aliphatic heterocycles. The predicted octanol–water partition coefficient (Wildman–Crippen LogP) is 3.62. The van der Waals surface area contributed by atoms with Crippen molar-refractivity contribution in [3.63, 3.8) is 0 Å². The number of likely N-dealkylation sites (tertiary alicyclic amines) is 1. The molecule has 1 N–H and O–H groups in total. The number of aliphatic hydroxyl groups is 1. The van der Waals surface area contributed by atoms with E-state index in [4.69, 9.17) is 9.47 Å². The molecule has 2 saturated heterocycles. The van der Waals surface area contributed by atoms with E-state index in [9.17, 15) is 19.5 Å². The quantitative estimate of drug-likeness (QED) is 0.416. The molecular formula is C30H46N2O6. The number of carbonyl (C=O) groups excluding carboxylic acids is 3. The van der Waals surface area contributed by atoms with Crippen LogP contribution in [0.3, 0.4) is 0 Å². The molecule has 0 saturated carbocycles. The van der Waals surface area contributed by atoms with Gasteiger partial charge in [0.05, 0.1) is 25.2 Å². The van der Waals surface area contributed by atoms with Crippen LogP contribution in [0.5, 0.6) is 0 Å². The van der Waals surface area contributed by atoms with E-state index < -0.39 is 46.6 Å². The van der Waals surface area contributed by atoms with Crippen LogP contribution >= 0.6 is 0 Å². The zero-order valence-electron chi connectivity index (χ0n) is 24.2. The molecule has 6 atom stereocenters. The van der Waals surface area contributed by atoms with Crippen molar-refractivity contribution in [3.8, 4) is 0 Å². The lowest BCUT2D eigenvalue weighted by atomic mass is 9.73. The number of hydrogen-bond acceptors (Lipinski definition) is 6. The highest BCUT2D eigenvalue weighted by atomic mass is 16.6. The molecule has 0 aromatic carbocycles. The molecule has 2 fully saturated rings. The smallest absolute Gasteiger partial charge is 0.313 e. The number of nitrogens with zero attached hydrogens (tertiary/aromatic N) is 2. The third kappa shape index (κ3) is 4.51. The van der Waals surface area contributed by atoms with Gasteiger partial charge in [-0.1, -0.05) is 58.9 Å². The summed E-state index contributed by atoms with van der Waals surface area (Å²) in [6.07, 6.45) is 10.9. The second kappa shape index (κ2) is 10.1. The summed E-state index contributed by atoms with van der Waals surface area (Å²) in [5.74, 6) is -2.79. The second-order valence-corrected chi connectivity index (χ2v) is 13.2. The lowest BCUT2D eigenvalue weighted by Crippen LogP contribution is -2.62. The molecule has 8 heteroatoms. The van der Waals surface area contributed by atoms with Gasteiger partial charge in [-0.3, -0.25) is 14.4 Å². The maximum absolute atomic E-state index is 14.7. The van der Waals surface area contributed by atoms with Crippen molar-refractivity contribution < 1.29 is 29.0 Å². The number of esters is 1. The Labute approximate surface area is 227 Å². The van der Waals surface area contributed by atoms with Crippen molar-refractivity contribution in [2.75, 3.05) is 19.8 Å². The van der Waals surface area contributed by atoms with Crippen LogP contribution in [0.2, 0.25) is 0 Å². The molecule has 38 heavy (non-hydrogen) atoms. The largest absolute Gasteiger partial charge is 0.465 e. The first-order chi connectivity index (χ1) is 17.8. The van der Waals surface area contributed by atoms with Crippen LogP contribution in [-0.2, 0) is 23.9 Å². The van der Waals surface area contributed by atoms with Crippen LogP contribution in [0, 0.1) is 17.3 Å². The van der Waals surface area contributed by atoms with E-state index in [1.165, 1.54) is 4.90 Å². The minimum atomic E-state index is -1.34. The van der Waals surface area contributed by atoms with Crippen LogP contribution in [0.4, 0.5) is 0 Å². The molecule has 1 unspecified atom stereocenters. The average Bonchev–Trinajstić information content (AvgIpc) is 3.20. The minimum absolute atomic E-state index is 0.0309. The number of ether oxygens (including phenoxy) is 2. The van der Waals surface area contributed by atoms with Crippen LogP contribution in [-0.4, -0.2) is 81.3 Å². The fourth-order valence-corrected chi connectivity index (χ4v) is 7.56. The lowest BCUT2D eigenvalue weighted by molar-refractivity contribution is -0.164. The summed E-state index contributed by atoms with van der Waals surface area (Å²) in [4.78, 5) is 46.0. The van der Waals surface area contributed by atoms with Crippen molar-refractivity contribution in [2.45, 2.75) is 109 Å². The lowest BCUT2D eigenvalue weighted by Gasteiger charge is -2.45. The number of hydrogen-bond donors (Lipinski definition) is 1. The Hall–Kier alpha value is -2.19. The average molecular weight is 531 g/mol. The Morgan fingerprint density at radius 2 is 1.76 bits per heavy atom. The van der Waals surface area contributed by atoms with Crippen molar-refractivity contribution in [1.82, 2.24) is 9.80 Å². The fourth-order valence-electron chi connectivity index (χ4n) is 7.56. The summed E-state index contributed by atoms with van der Waals surface area (Å²) in [5.41, 5.74) is -2.93. The molecule has 212 valence electrons. The number of amides is 2. The van der Waals surface area contributed by atoms with Gasteiger partial charge in [0, 0.05) is 12.1 Å². The van der Waals surface area contributed by atoms with Crippen molar-refractivity contribution in [1.29, 1.82) is 0 Å². The van der Waals surface area contributed by atoms with Gasteiger partial charge in [-0.25, -0.2) is 0 Å². The Bertz CT molecular complexity index is 1010. The summed E-state index contributed by atoms with van der Waals surface area (Å²) in [6.45, 7) is 14.8. The Morgan fingerprint density at radius 3 is 2.37 bits per heavy atom. The summed E-state index contributed by atoms with van der Waals surface area (Å²) in [6, 6.07) is -1.56. The molecule has 8 nitrogen and oxygen atoms in total. The maximum atomic E-state index is 14.7. The molecule has 2 amide bonds. The first kappa shape index (κ1) is 28.8. The molecule has 0 radical (unpaired) electrons. The molecule has 0 aliphatic carbocycles. The number of fused-ring (bicyclic) bond motifs is 2. The SMILES string of the molecule is CC[C@@H](CO)N1C(=O)[C@@H]2[C@H]3C(=O)OCCC/C=C\[C@@]3(CC)O[C@@]23C=CCN(C(C)(C)CC(C)(C)C)C(=O)C13. The zero-order chi connectivity index (χ0) is 28.1. The fraction of sp³-hybridized carbons (Fsp3) is 0.767. The van der Waals surface area contributed by atoms with Crippen molar-refractivity contribution >= 4 is 17.8 Å². The number of carbonyl (C=O) groups is 3. The number of cyclic esters (lactones) is 1. The van der Waals surface area contributed by atoms with Gasteiger partial charge in [-0.05, 0) is 51.4 Å². The minimum Gasteiger partial charge on any atom is -0.465 e. The molecule has 1 spiro atoms. The van der Waals surface area contributed by atoms with Crippen molar-refractivity contribution in [3.05, 3.63) is 24.3 Å². The second-order valence-electron chi connectivity index (χ2n) is 13.2. The highest BCUT2D eigenvalue weighted by Gasteiger charge is 2.76. The van der Waals surface area contributed by atoms with E-state index in [1.54, 1.807) is 0 Å². The third-order valence-corrected chi connectivity index (χ3v) is 8.84. The van der Waals surface area contributed by atoms with Gasteiger partial charge < -0.3 is 24.4 Å². The van der Waals surface area contributed by atoms with Gasteiger partial charge in [0.2, 0.25) is 11.8 Å². The topological polar surface area (TPSA) is 96.4 Å². The van der Waals surface area contributed by atoms with Gasteiger partial charge in [-0.2, -0.15) is 0 Å². The first-order valence-corrected chi connectivity index (χ1v) is 14.3. The van der Waals surface area contributed by atoms with Crippen molar-refractivity contribution in [2.24, 2.45) is 17.3 Å². The van der Waals surface area contributed by atoms with E-state index in [-0.39, 0.29) is 30.4 Å². The van der Waals surface area contributed by atoms with Gasteiger partial charge in [0.1, 0.15) is 23.2 Å². The Morgan fingerprint density at radius 1 is 1.05 bits per heavy atom. The normalized spacial score (nSPS) is 35.5. The highest BCUT2D eigenvalue weighted by molar-refractivity contribution is 5.99. The van der Waals surface area contributed by atoms with Crippen LogP contribution in [0.1, 0.15) is 80.6 Å². The standard InChI is InChI=1S/C30H46N2O6/c1-8-20(18-33)32-23-25(35)31(28(6,7)19-27(3,4)5)16-13-15-30(23)21(24(32)34)22-26(36)37-17-12-10-11-14-29(22,9-2)38-30/h11,13-15,20-23,33H,8-10,12,16-19H2,1-7H3/b14-11-/t20-,21-,22-,23?,29+,30-/m0/s1. The van der Waals surface area contributed by atoms with E-state index in [1.807, 2.05) is 43.1 Å². The van der Waals surface area contributed by atoms with E-state index >= 15 is 0 Å². The monoisotopic (exact) mass is 530 g/mol. The van der Waals surface area contributed by atoms with Gasteiger partial charge in [0.15, 0.2) is 0 Å². The summed E-state index contributed by atoms with van der Waals surface area (Å²) < 4.78 is 12.6. The van der Waals surface area contributed by atoms with Crippen LogP contribution in [0.15, 0.2) is 24.3 Å². The maximum Gasteiger partial charge on any atom is 0.313 e. The molecule has 0 bridgehead atoms. The number of aliphatic hydroxyl groups excluding tert-OH is 1. The molecule has 4 aliphatic rings. The molecule has 4 heterocycles. The van der Waals surface area contributed by atoms with E-state index in [0.29, 0.717) is 25.8 Å². The van der Waals surface area contributed by atoms with Crippen LogP contribution < -0.4 is 0 Å². The summed E-state index contributed by atoms with van der Waals surface area (Å²) in [7, 11) is 0. The van der Waals surface area contributed by atoms with E-state index in [2.05, 4.69) is 34.6 Å². The van der Waals surface area contributed by atoms with Gasteiger partial charge in [0.25, 0.3) is 0 Å². The molecule has 0 aromatic heterocycles. The number of rotatable bonds is 6. The first-order valence-electron chi connectivity index (χ1n) is 14.3. The summed E-state index contributed by atoms with van der Waals surface area (Å²) >= 11 is 0. The number of allylic oxidation sites excluding steroid dienone is 1. The third-order valence-electron chi connectivity index (χ3n) is 8.84. The van der Waals surface area contributed by atoms with Crippen LogP contribution in [0.25, 0.3) is 0 Å².